The topological polar surface area (TPSA) is 33.7 Å². The van der Waals surface area contributed by atoms with E-state index in [9.17, 15) is 0 Å². The molecule has 4 nitrogen and oxygen atoms in total. The predicted octanol–water partition coefficient (Wildman–Crippen LogP) is 2.42. The summed E-state index contributed by atoms with van der Waals surface area (Å²) in [5.74, 6) is 1.76. The summed E-state index contributed by atoms with van der Waals surface area (Å²) in [5.41, 5.74) is 1.34. The molecule has 21 heavy (non-hydrogen) atoms. The lowest BCUT2D eigenvalue weighted by molar-refractivity contribution is 0.0989. The van der Waals surface area contributed by atoms with Crippen molar-refractivity contribution < 1.29 is 9.47 Å². The quantitative estimate of drug-likeness (QED) is 0.923. The SMILES string of the molecule is CC1CN(C(C)CCc2ccc3c(c2)OCO3)C(C)CN1. The van der Waals surface area contributed by atoms with E-state index in [0.29, 0.717) is 24.9 Å². The fraction of sp³-hybridized carbons (Fsp3) is 0.647. The molecule has 0 saturated carbocycles. The lowest BCUT2D eigenvalue weighted by atomic mass is 10.0. The number of ether oxygens (including phenoxy) is 2. The van der Waals surface area contributed by atoms with Crippen LogP contribution in [0, 0.1) is 0 Å². The highest BCUT2D eigenvalue weighted by Gasteiger charge is 2.26. The maximum absolute atomic E-state index is 5.45. The third kappa shape index (κ3) is 3.33. The van der Waals surface area contributed by atoms with Crippen LogP contribution in [0.1, 0.15) is 32.8 Å². The standard InChI is InChI=1S/C17H26N2O2/c1-12-10-19(14(3)9-18-12)13(2)4-5-15-6-7-16-17(8-15)21-11-20-16/h6-8,12-14,18H,4-5,9-11H2,1-3H3. The molecule has 2 aliphatic heterocycles. The number of nitrogens with zero attached hydrogens (tertiary/aromatic N) is 1. The van der Waals surface area contributed by atoms with E-state index >= 15 is 0 Å². The Kier molecular flexibility index (Phi) is 4.36. The molecule has 3 rings (SSSR count). The molecule has 1 saturated heterocycles. The molecule has 4 heteroatoms. The highest BCUT2D eigenvalue weighted by molar-refractivity contribution is 5.44. The molecule has 1 aromatic carbocycles. The van der Waals surface area contributed by atoms with Crippen molar-refractivity contribution in [3.05, 3.63) is 23.8 Å². The van der Waals surface area contributed by atoms with Crippen LogP contribution in [0.5, 0.6) is 11.5 Å². The first-order chi connectivity index (χ1) is 10.1. The van der Waals surface area contributed by atoms with E-state index in [2.05, 4.69) is 43.1 Å². The van der Waals surface area contributed by atoms with Gasteiger partial charge >= 0.3 is 0 Å². The minimum Gasteiger partial charge on any atom is -0.454 e. The van der Waals surface area contributed by atoms with Crippen molar-refractivity contribution in [3.63, 3.8) is 0 Å². The second kappa shape index (κ2) is 6.24. The van der Waals surface area contributed by atoms with Gasteiger partial charge in [0.05, 0.1) is 0 Å². The van der Waals surface area contributed by atoms with Gasteiger partial charge in [0.1, 0.15) is 0 Å². The number of rotatable bonds is 4. The summed E-state index contributed by atoms with van der Waals surface area (Å²) in [7, 11) is 0. The Morgan fingerprint density at radius 1 is 1.29 bits per heavy atom. The highest BCUT2D eigenvalue weighted by Crippen LogP contribution is 2.33. The lowest BCUT2D eigenvalue weighted by Gasteiger charge is -2.41. The van der Waals surface area contributed by atoms with Gasteiger partial charge in [0.25, 0.3) is 0 Å². The number of aryl methyl sites for hydroxylation is 1. The minimum atomic E-state index is 0.353. The number of fused-ring (bicyclic) bond motifs is 1. The third-order valence-electron chi connectivity index (χ3n) is 4.67. The molecule has 0 amide bonds. The van der Waals surface area contributed by atoms with E-state index in [1.807, 2.05) is 6.07 Å². The van der Waals surface area contributed by atoms with Gasteiger partial charge < -0.3 is 14.8 Å². The Balaban J connectivity index is 1.56. The fourth-order valence-corrected chi connectivity index (χ4v) is 3.30. The first kappa shape index (κ1) is 14.7. The maximum Gasteiger partial charge on any atom is 0.231 e. The van der Waals surface area contributed by atoms with Gasteiger partial charge in [-0.25, -0.2) is 0 Å². The average molecular weight is 290 g/mol. The van der Waals surface area contributed by atoms with Crippen molar-refractivity contribution in [2.45, 2.75) is 51.7 Å². The summed E-state index contributed by atoms with van der Waals surface area (Å²) >= 11 is 0. The van der Waals surface area contributed by atoms with Crippen LogP contribution in [-0.4, -0.2) is 42.9 Å². The second-order valence-corrected chi connectivity index (χ2v) is 6.43. The number of nitrogens with one attached hydrogen (secondary N) is 1. The number of benzene rings is 1. The Labute approximate surface area is 127 Å². The Bertz CT molecular complexity index is 492. The fourth-order valence-electron chi connectivity index (χ4n) is 3.30. The van der Waals surface area contributed by atoms with Crippen LogP contribution < -0.4 is 14.8 Å². The molecule has 116 valence electrons. The molecule has 0 radical (unpaired) electrons. The van der Waals surface area contributed by atoms with Crippen LogP contribution in [0.25, 0.3) is 0 Å². The molecule has 3 atom stereocenters. The molecule has 0 aliphatic carbocycles. The molecular weight excluding hydrogens is 264 g/mol. The Morgan fingerprint density at radius 2 is 2.10 bits per heavy atom. The predicted molar refractivity (Wildman–Crippen MR) is 84.0 cm³/mol. The van der Waals surface area contributed by atoms with Crippen LogP contribution >= 0.6 is 0 Å². The summed E-state index contributed by atoms with van der Waals surface area (Å²) in [6.45, 7) is 9.52. The summed E-state index contributed by atoms with van der Waals surface area (Å²) < 4.78 is 10.8. The van der Waals surface area contributed by atoms with Gasteiger partial charge in [-0.2, -0.15) is 0 Å². The molecule has 2 aliphatic rings. The molecule has 1 N–H and O–H groups in total. The van der Waals surface area contributed by atoms with Crippen molar-refractivity contribution in [2.75, 3.05) is 19.9 Å². The van der Waals surface area contributed by atoms with E-state index in [1.165, 1.54) is 12.0 Å². The van der Waals surface area contributed by atoms with Crippen molar-refractivity contribution in [3.8, 4) is 11.5 Å². The van der Waals surface area contributed by atoms with E-state index in [1.54, 1.807) is 0 Å². The molecule has 0 bridgehead atoms. The smallest absolute Gasteiger partial charge is 0.231 e. The number of piperazine rings is 1. The van der Waals surface area contributed by atoms with Crippen molar-refractivity contribution in [2.24, 2.45) is 0 Å². The summed E-state index contributed by atoms with van der Waals surface area (Å²) in [6.07, 6.45) is 2.26. The van der Waals surface area contributed by atoms with Crippen LogP contribution in [0.2, 0.25) is 0 Å². The van der Waals surface area contributed by atoms with Crippen molar-refractivity contribution in [1.29, 1.82) is 0 Å². The van der Waals surface area contributed by atoms with Gasteiger partial charge in [-0.05, 0) is 51.3 Å². The van der Waals surface area contributed by atoms with Crippen LogP contribution in [-0.2, 0) is 6.42 Å². The minimum absolute atomic E-state index is 0.353. The molecule has 0 aromatic heterocycles. The third-order valence-corrected chi connectivity index (χ3v) is 4.67. The number of hydrogen-bond acceptors (Lipinski definition) is 4. The first-order valence-electron chi connectivity index (χ1n) is 8.01. The Hall–Kier alpha value is -1.26. The monoisotopic (exact) mass is 290 g/mol. The van der Waals surface area contributed by atoms with E-state index in [-0.39, 0.29) is 0 Å². The zero-order chi connectivity index (χ0) is 14.8. The van der Waals surface area contributed by atoms with Gasteiger partial charge in [0.15, 0.2) is 11.5 Å². The highest BCUT2D eigenvalue weighted by atomic mass is 16.7. The summed E-state index contributed by atoms with van der Waals surface area (Å²) in [5, 5.41) is 3.55. The van der Waals surface area contributed by atoms with Gasteiger partial charge in [-0.3, -0.25) is 4.90 Å². The van der Waals surface area contributed by atoms with E-state index in [4.69, 9.17) is 9.47 Å². The maximum atomic E-state index is 5.45. The van der Waals surface area contributed by atoms with E-state index in [0.717, 1.165) is 31.0 Å². The summed E-state index contributed by atoms with van der Waals surface area (Å²) in [4.78, 5) is 2.63. The average Bonchev–Trinajstić information content (AvgIpc) is 2.94. The normalized spacial score (nSPS) is 26.8. The van der Waals surface area contributed by atoms with Crippen LogP contribution in [0.3, 0.4) is 0 Å². The van der Waals surface area contributed by atoms with Gasteiger partial charge in [0, 0.05) is 31.2 Å². The first-order valence-corrected chi connectivity index (χ1v) is 8.01. The van der Waals surface area contributed by atoms with Crippen LogP contribution in [0.4, 0.5) is 0 Å². The molecule has 0 spiro atoms. The zero-order valence-electron chi connectivity index (χ0n) is 13.3. The number of hydrogen-bond donors (Lipinski definition) is 1. The largest absolute Gasteiger partial charge is 0.454 e. The lowest BCUT2D eigenvalue weighted by Crippen LogP contribution is -2.57. The van der Waals surface area contributed by atoms with Crippen LogP contribution in [0.15, 0.2) is 18.2 Å². The van der Waals surface area contributed by atoms with Crippen molar-refractivity contribution >= 4 is 0 Å². The molecule has 1 fully saturated rings. The van der Waals surface area contributed by atoms with Gasteiger partial charge in [-0.1, -0.05) is 6.07 Å². The Morgan fingerprint density at radius 3 is 2.95 bits per heavy atom. The van der Waals surface area contributed by atoms with Gasteiger partial charge in [0.2, 0.25) is 6.79 Å². The molecular formula is C17H26N2O2. The summed E-state index contributed by atoms with van der Waals surface area (Å²) in [6, 6.07) is 8.12. The zero-order valence-corrected chi connectivity index (χ0v) is 13.3. The second-order valence-electron chi connectivity index (χ2n) is 6.43. The molecule has 2 heterocycles. The van der Waals surface area contributed by atoms with Crippen molar-refractivity contribution in [1.82, 2.24) is 10.2 Å². The van der Waals surface area contributed by atoms with E-state index < -0.39 is 0 Å². The van der Waals surface area contributed by atoms with Gasteiger partial charge in [-0.15, -0.1) is 0 Å². The molecule has 3 unspecified atom stereocenters. The molecule has 1 aromatic rings.